The van der Waals surface area contributed by atoms with Crippen molar-refractivity contribution in [3.8, 4) is 5.75 Å². The van der Waals surface area contributed by atoms with Gasteiger partial charge in [-0.3, -0.25) is 9.79 Å². The summed E-state index contributed by atoms with van der Waals surface area (Å²) in [7, 11) is 0. The van der Waals surface area contributed by atoms with E-state index in [0.717, 1.165) is 53.8 Å². The van der Waals surface area contributed by atoms with Crippen LogP contribution in [0, 0.1) is 0 Å². The summed E-state index contributed by atoms with van der Waals surface area (Å²) >= 11 is 1.62. The van der Waals surface area contributed by atoms with E-state index >= 15 is 0 Å². The van der Waals surface area contributed by atoms with Gasteiger partial charge in [0.2, 0.25) is 5.91 Å². The number of anilines is 1. The molecular weight excluding hydrogens is 310 g/mol. The average Bonchev–Trinajstić information content (AvgIpc) is 3.10. The van der Waals surface area contributed by atoms with Crippen LogP contribution in [0.5, 0.6) is 5.75 Å². The van der Waals surface area contributed by atoms with Crippen LogP contribution in [-0.2, 0) is 11.2 Å². The Labute approximate surface area is 139 Å². The lowest BCUT2D eigenvalue weighted by Crippen LogP contribution is -2.31. The first kappa shape index (κ1) is 14.6. The molecule has 1 aromatic carbocycles. The molecule has 3 heterocycles. The van der Waals surface area contributed by atoms with Crippen molar-refractivity contribution in [1.82, 2.24) is 4.90 Å². The molecule has 1 unspecified atom stereocenters. The molecule has 5 nitrogen and oxygen atoms in total. The Hall–Kier alpha value is -1.95. The number of amides is 1. The van der Waals surface area contributed by atoms with Crippen LogP contribution in [-0.4, -0.2) is 35.2 Å². The Morgan fingerprint density at radius 2 is 2.43 bits per heavy atom. The van der Waals surface area contributed by atoms with E-state index < -0.39 is 0 Å². The quantitative estimate of drug-likeness (QED) is 0.926. The van der Waals surface area contributed by atoms with Crippen LogP contribution >= 0.6 is 11.8 Å². The second-order valence-electron chi connectivity index (χ2n) is 6.08. The van der Waals surface area contributed by atoms with Crippen molar-refractivity contribution >= 4 is 28.5 Å². The third-order valence-corrected chi connectivity index (χ3v) is 5.14. The number of carbonyl (C=O) groups excluding carboxylic acids is 1. The van der Waals surface area contributed by atoms with E-state index in [9.17, 15) is 4.79 Å². The fourth-order valence-electron chi connectivity index (χ4n) is 3.14. The maximum absolute atomic E-state index is 12.3. The Morgan fingerprint density at radius 1 is 1.52 bits per heavy atom. The molecule has 3 aliphatic rings. The summed E-state index contributed by atoms with van der Waals surface area (Å²) in [6.07, 6.45) is 2.55. The smallest absolute Gasteiger partial charge is 0.230 e. The van der Waals surface area contributed by atoms with Crippen molar-refractivity contribution < 1.29 is 9.53 Å². The Balaban J connectivity index is 1.40. The fourth-order valence-corrected chi connectivity index (χ4v) is 4.10. The molecule has 0 bridgehead atoms. The lowest BCUT2D eigenvalue weighted by Gasteiger charge is -2.25. The van der Waals surface area contributed by atoms with Crippen LogP contribution in [0.3, 0.4) is 0 Å². The minimum absolute atomic E-state index is 0.00980. The third kappa shape index (κ3) is 2.95. The number of nitrogens with one attached hydrogen (secondary N) is 1. The first-order valence-electron chi connectivity index (χ1n) is 7.96. The van der Waals surface area contributed by atoms with Crippen molar-refractivity contribution in [3.63, 3.8) is 0 Å². The van der Waals surface area contributed by atoms with Crippen molar-refractivity contribution in [2.75, 3.05) is 18.4 Å². The van der Waals surface area contributed by atoms with E-state index in [2.05, 4.69) is 22.1 Å². The van der Waals surface area contributed by atoms with E-state index in [1.165, 1.54) is 0 Å². The van der Waals surface area contributed by atoms with Gasteiger partial charge in [0.15, 0.2) is 5.17 Å². The molecule has 4 rings (SSSR count). The number of ether oxygens (including phenoxy) is 1. The average molecular weight is 329 g/mol. The van der Waals surface area contributed by atoms with Gasteiger partial charge in [-0.25, -0.2) is 0 Å². The van der Waals surface area contributed by atoms with Crippen LogP contribution in [0.2, 0.25) is 0 Å². The lowest BCUT2D eigenvalue weighted by atomic mass is 10.1. The molecular formula is C17H19N3O2S. The third-order valence-electron chi connectivity index (χ3n) is 4.19. The minimum atomic E-state index is 0.00980. The van der Waals surface area contributed by atoms with Gasteiger partial charge in [-0.15, -0.1) is 0 Å². The van der Waals surface area contributed by atoms with Gasteiger partial charge in [0.1, 0.15) is 11.9 Å². The highest BCUT2D eigenvalue weighted by Gasteiger charge is 2.26. The van der Waals surface area contributed by atoms with E-state index in [1.54, 1.807) is 11.8 Å². The number of carbonyl (C=O) groups is 1. The number of fused-ring (bicyclic) bond motifs is 2. The van der Waals surface area contributed by atoms with E-state index in [-0.39, 0.29) is 12.0 Å². The molecule has 1 aromatic rings. The molecule has 6 heteroatoms. The summed E-state index contributed by atoms with van der Waals surface area (Å²) in [5, 5.41) is 6.07. The van der Waals surface area contributed by atoms with E-state index in [0.29, 0.717) is 6.42 Å². The van der Waals surface area contributed by atoms with Gasteiger partial charge in [-0.1, -0.05) is 11.8 Å². The highest BCUT2D eigenvalue weighted by Crippen LogP contribution is 2.32. The predicted molar refractivity (Wildman–Crippen MR) is 92.8 cm³/mol. The fraction of sp³-hybridized carbons (Fsp3) is 0.412. The zero-order valence-electron chi connectivity index (χ0n) is 13.0. The van der Waals surface area contributed by atoms with Crippen molar-refractivity contribution in [3.05, 3.63) is 34.9 Å². The minimum Gasteiger partial charge on any atom is -0.490 e. The molecule has 0 aromatic heterocycles. The summed E-state index contributed by atoms with van der Waals surface area (Å²) < 4.78 is 5.69. The lowest BCUT2D eigenvalue weighted by molar-refractivity contribution is -0.115. The summed E-state index contributed by atoms with van der Waals surface area (Å²) in [5.41, 5.74) is 3.05. The van der Waals surface area contributed by atoms with Crippen LogP contribution in [0.15, 0.2) is 34.3 Å². The van der Waals surface area contributed by atoms with E-state index in [4.69, 9.17) is 4.74 Å². The Bertz CT molecular complexity index is 714. The molecule has 1 amide bonds. The number of nitrogens with zero attached hydrogens (tertiary/aromatic N) is 2. The summed E-state index contributed by atoms with van der Waals surface area (Å²) in [6, 6.07) is 5.86. The molecule has 0 aliphatic carbocycles. The molecule has 0 radical (unpaired) electrons. The monoisotopic (exact) mass is 329 g/mol. The van der Waals surface area contributed by atoms with Crippen LogP contribution in [0.25, 0.3) is 0 Å². The Kier molecular flexibility index (Phi) is 3.77. The van der Waals surface area contributed by atoms with Gasteiger partial charge in [-0.05, 0) is 42.5 Å². The first-order valence-corrected chi connectivity index (χ1v) is 8.84. The maximum Gasteiger partial charge on any atom is 0.230 e. The van der Waals surface area contributed by atoms with Gasteiger partial charge in [0, 0.05) is 30.9 Å². The molecule has 0 fully saturated rings. The highest BCUT2D eigenvalue weighted by atomic mass is 32.2. The number of amidine groups is 1. The Morgan fingerprint density at radius 3 is 3.35 bits per heavy atom. The summed E-state index contributed by atoms with van der Waals surface area (Å²) in [5.74, 6) is 0.940. The summed E-state index contributed by atoms with van der Waals surface area (Å²) in [4.78, 5) is 19.0. The molecule has 23 heavy (non-hydrogen) atoms. The molecule has 0 saturated heterocycles. The predicted octanol–water partition coefficient (Wildman–Crippen LogP) is 2.99. The number of aliphatic imine (C=N–C) groups is 1. The van der Waals surface area contributed by atoms with Gasteiger partial charge in [0.05, 0.1) is 6.42 Å². The number of hydrogen-bond donors (Lipinski definition) is 1. The molecule has 3 aliphatic heterocycles. The van der Waals surface area contributed by atoms with Gasteiger partial charge in [0.25, 0.3) is 0 Å². The standard InChI is InChI=1S/C17H19N3O2S/c1-11-7-12-8-13(3-4-15(12)22-11)19-16(21)9-14-10-23-17-18-5-2-6-20(14)17/h3-4,8,10-11H,2,5-7,9H2,1H3,(H,19,21). The molecule has 120 valence electrons. The number of hydrogen-bond acceptors (Lipinski definition) is 5. The van der Waals surface area contributed by atoms with Crippen LogP contribution < -0.4 is 10.1 Å². The normalized spacial score (nSPS) is 22.0. The number of benzene rings is 1. The van der Waals surface area contributed by atoms with Gasteiger partial charge in [-0.2, -0.15) is 0 Å². The SMILES string of the molecule is CC1Cc2cc(NC(=O)CC3=CSC4=NCCCN34)ccc2O1. The van der Waals surface area contributed by atoms with Crippen molar-refractivity contribution in [2.45, 2.75) is 32.3 Å². The number of rotatable bonds is 3. The van der Waals surface area contributed by atoms with Crippen LogP contribution in [0.1, 0.15) is 25.3 Å². The molecule has 1 N–H and O–H groups in total. The zero-order valence-corrected chi connectivity index (χ0v) is 13.9. The second kappa shape index (κ2) is 5.92. The van der Waals surface area contributed by atoms with Crippen molar-refractivity contribution in [1.29, 1.82) is 0 Å². The second-order valence-corrected chi connectivity index (χ2v) is 6.91. The molecule has 1 atom stereocenters. The number of thioether (sulfide) groups is 1. The van der Waals surface area contributed by atoms with Gasteiger partial charge >= 0.3 is 0 Å². The van der Waals surface area contributed by atoms with Crippen LogP contribution in [0.4, 0.5) is 5.69 Å². The van der Waals surface area contributed by atoms with Gasteiger partial charge < -0.3 is 15.0 Å². The van der Waals surface area contributed by atoms with E-state index in [1.807, 2.05) is 23.6 Å². The topological polar surface area (TPSA) is 53.9 Å². The molecule has 0 saturated carbocycles. The largest absolute Gasteiger partial charge is 0.490 e. The molecule has 0 spiro atoms. The summed E-state index contributed by atoms with van der Waals surface area (Å²) in [6.45, 7) is 3.90. The highest BCUT2D eigenvalue weighted by molar-refractivity contribution is 8.16. The maximum atomic E-state index is 12.3. The zero-order chi connectivity index (χ0) is 15.8. The van der Waals surface area contributed by atoms with Crippen molar-refractivity contribution in [2.24, 2.45) is 4.99 Å². The first-order chi connectivity index (χ1) is 11.2.